The molecule has 1 fully saturated rings. The Morgan fingerprint density at radius 3 is 2.46 bits per heavy atom. The fourth-order valence-electron chi connectivity index (χ4n) is 5.08. The number of carbonyl (C=O) groups excluding carboxylic acids is 1. The van der Waals surface area contributed by atoms with Gasteiger partial charge in [-0.1, -0.05) is 49.3 Å². The molecule has 9 heteroatoms. The zero-order valence-electron chi connectivity index (χ0n) is 22.3. The van der Waals surface area contributed by atoms with E-state index in [2.05, 4.69) is 32.5 Å². The van der Waals surface area contributed by atoms with Gasteiger partial charge in [0, 0.05) is 50.2 Å². The number of nitrogens with one attached hydrogen (secondary N) is 1. The fraction of sp³-hybridized carbons (Fsp3) is 0.333. The highest BCUT2D eigenvalue weighted by molar-refractivity contribution is 5.92. The minimum absolute atomic E-state index is 0.0686. The summed E-state index contributed by atoms with van der Waals surface area (Å²) in [6.07, 6.45) is 4.91. The molecule has 1 N–H and O–H groups in total. The van der Waals surface area contributed by atoms with Gasteiger partial charge < -0.3 is 14.7 Å². The van der Waals surface area contributed by atoms with Crippen LogP contribution in [0.4, 0.5) is 15.8 Å². The van der Waals surface area contributed by atoms with Crippen molar-refractivity contribution in [2.24, 2.45) is 5.92 Å². The highest BCUT2D eigenvalue weighted by Crippen LogP contribution is 2.31. The molecule has 2 aromatic heterocycles. The Morgan fingerprint density at radius 2 is 1.79 bits per heavy atom. The van der Waals surface area contributed by atoms with Crippen LogP contribution in [0.2, 0.25) is 0 Å². The average Bonchev–Trinajstić information content (AvgIpc) is 3.45. The number of rotatable bonds is 9. The number of aromatic nitrogens is 3. The first-order valence-electron chi connectivity index (χ1n) is 13.5. The number of halogens is 1. The van der Waals surface area contributed by atoms with Crippen LogP contribution >= 0.6 is 0 Å². The summed E-state index contributed by atoms with van der Waals surface area (Å²) in [5.74, 6) is 0.525. The summed E-state index contributed by atoms with van der Waals surface area (Å²) in [7, 11) is 0. The van der Waals surface area contributed by atoms with Gasteiger partial charge in [-0.3, -0.25) is 14.7 Å². The molecule has 1 amide bonds. The normalized spacial score (nSPS) is 14.9. The van der Waals surface area contributed by atoms with Gasteiger partial charge in [0.25, 0.3) is 5.89 Å². The highest BCUT2D eigenvalue weighted by Gasteiger charge is 2.31. The predicted molar refractivity (Wildman–Crippen MR) is 149 cm³/mol. The molecule has 1 unspecified atom stereocenters. The van der Waals surface area contributed by atoms with Crippen LogP contribution in [-0.4, -0.2) is 52.1 Å². The zero-order chi connectivity index (χ0) is 27.2. The van der Waals surface area contributed by atoms with Gasteiger partial charge in [0.1, 0.15) is 5.82 Å². The minimum Gasteiger partial charge on any atom is -0.367 e. The molecule has 8 nitrogen and oxygen atoms in total. The maximum atomic E-state index is 15.2. The van der Waals surface area contributed by atoms with E-state index >= 15 is 4.39 Å². The van der Waals surface area contributed by atoms with Crippen molar-refractivity contribution in [1.82, 2.24) is 20.0 Å². The number of carbonyl (C=O) groups is 1. The lowest BCUT2D eigenvalue weighted by Gasteiger charge is -2.39. The predicted octanol–water partition coefficient (Wildman–Crippen LogP) is 5.56. The van der Waals surface area contributed by atoms with E-state index in [0.717, 1.165) is 24.0 Å². The van der Waals surface area contributed by atoms with Crippen molar-refractivity contribution >= 4 is 17.3 Å². The molecular formula is C30H33FN6O2. The van der Waals surface area contributed by atoms with Gasteiger partial charge in [-0.05, 0) is 48.7 Å². The summed E-state index contributed by atoms with van der Waals surface area (Å²) in [4.78, 5) is 25.6. The highest BCUT2D eigenvalue weighted by atomic mass is 19.1. The molecule has 1 aliphatic rings. The number of anilines is 2. The van der Waals surface area contributed by atoms with Gasteiger partial charge in [0.2, 0.25) is 5.91 Å². The molecule has 0 saturated carbocycles. The Kier molecular flexibility index (Phi) is 8.27. The van der Waals surface area contributed by atoms with E-state index in [4.69, 9.17) is 9.51 Å². The van der Waals surface area contributed by atoms with Crippen LogP contribution in [0, 0.1) is 11.7 Å². The van der Waals surface area contributed by atoms with E-state index in [9.17, 15) is 4.79 Å². The van der Waals surface area contributed by atoms with Crippen molar-refractivity contribution < 1.29 is 13.7 Å². The maximum absolute atomic E-state index is 15.2. The topological polar surface area (TPSA) is 87.4 Å². The van der Waals surface area contributed by atoms with Crippen molar-refractivity contribution in [3.05, 3.63) is 90.3 Å². The van der Waals surface area contributed by atoms with Gasteiger partial charge in [0.05, 0.1) is 17.3 Å². The number of pyridine rings is 1. The molecule has 1 saturated heterocycles. The van der Waals surface area contributed by atoms with Gasteiger partial charge in [-0.25, -0.2) is 4.39 Å². The van der Waals surface area contributed by atoms with Crippen molar-refractivity contribution in [3.8, 4) is 11.5 Å². The van der Waals surface area contributed by atoms with E-state index in [1.165, 1.54) is 6.07 Å². The van der Waals surface area contributed by atoms with Crippen molar-refractivity contribution in [2.75, 3.05) is 36.4 Å². The Labute approximate surface area is 227 Å². The lowest BCUT2D eigenvalue weighted by atomic mass is 10.0. The van der Waals surface area contributed by atoms with Crippen molar-refractivity contribution in [1.29, 1.82) is 0 Å². The summed E-state index contributed by atoms with van der Waals surface area (Å²) in [6.45, 7) is 6.60. The number of nitrogens with zero attached hydrogens (tertiary/aromatic N) is 5. The van der Waals surface area contributed by atoms with E-state index in [1.807, 2.05) is 49.1 Å². The number of benzene rings is 2. The third-order valence-corrected chi connectivity index (χ3v) is 7.30. The molecule has 1 atom stereocenters. The SMILES string of the molecule is CCC(CC)C(=O)Nc1ccc(N2CCN(C(c3ccccc3)c3noc(-c4cccnc4)n3)CC2)c(F)c1. The fourth-order valence-corrected chi connectivity index (χ4v) is 5.08. The third kappa shape index (κ3) is 5.98. The molecule has 4 aromatic rings. The molecule has 39 heavy (non-hydrogen) atoms. The first-order chi connectivity index (χ1) is 19.1. The Hall–Kier alpha value is -4.11. The van der Waals surface area contributed by atoms with Crippen molar-refractivity contribution in [2.45, 2.75) is 32.7 Å². The second kappa shape index (κ2) is 12.2. The van der Waals surface area contributed by atoms with Gasteiger partial charge in [-0.15, -0.1) is 0 Å². The largest absolute Gasteiger partial charge is 0.367 e. The Morgan fingerprint density at radius 1 is 1.03 bits per heavy atom. The molecule has 5 rings (SSSR count). The number of piperazine rings is 1. The quantitative estimate of drug-likeness (QED) is 0.304. The summed E-state index contributed by atoms with van der Waals surface area (Å²) in [5, 5.41) is 7.18. The molecule has 0 spiro atoms. The molecule has 0 bridgehead atoms. The molecule has 2 aromatic carbocycles. The first-order valence-corrected chi connectivity index (χ1v) is 13.5. The van der Waals surface area contributed by atoms with Crippen LogP contribution < -0.4 is 10.2 Å². The smallest absolute Gasteiger partial charge is 0.259 e. The van der Waals surface area contributed by atoms with E-state index in [-0.39, 0.29) is 23.7 Å². The lowest BCUT2D eigenvalue weighted by molar-refractivity contribution is -0.120. The van der Waals surface area contributed by atoms with Crippen LogP contribution in [0.5, 0.6) is 0 Å². The zero-order valence-corrected chi connectivity index (χ0v) is 22.3. The van der Waals surface area contributed by atoms with Crippen LogP contribution in [0.25, 0.3) is 11.5 Å². The van der Waals surface area contributed by atoms with Crippen LogP contribution in [0.3, 0.4) is 0 Å². The molecule has 1 aliphatic heterocycles. The van der Waals surface area contributed by atoms with Crippen LogP contribution in [0.1, 0.15) is 44.1 Å². The standard InChI is InChI=1S/C30H33FN6O2/c1-3-21(4-2)29(38)33-24-12-13-26(25(31)19-24)36-15-17-37(18-16-36)27(22-9-6-5-7-10-22)28-34-30(39-35-28)23-11-8-14-32-20-23/h5-14,19-21,27H,3-4,15-18H2,1-2H3,(H,33,38). The van der Waals surface area contributed by atoms with Crippen LogP contribution in [0.15, 0.2) is 77.6 Å². The monoisotopic (exact) mass is 528 g/mol. The second-order valence-electron chi connectivity index (χ2n) is 9.70. The van der Waals surface area contributed by atoms with E-state index < -0.39 is 0 Å². The van der Waals surface area contributed by atoms with Gasteiger partial charge in [0.15, 0.2) is 5.82 Å². The molecular weight excluding hydrogens is 495 g/mol. The third-order valence-electron chi connectivity index (χ3n) is 7.30. The van der Waals surface area contributed by atoms with Gasteiger partial charge >= 0.3 is 0 Å². The molecule has 0 aliphatic carbocycles. The van der Waals surface area contributed by atoms with Crippen LogP contribution in [-0.2, 0) is 4.79 Å². The molecule has 202 valence electrons. The molecule has 3 heterocycles. The van der Waals surface area contributed by atoms with Gasteiger partial charge in [-0.2, -0.15) is 4.98 Å². The number of hydrogen-bond donors (Lipinski definition) is 1. The second-order valence-corrected chi connectivity index (χ2v) is 9.70. The molecule has 0 radical (unpaired) electrons. The summed E-state index contributed by atoms with van der Waals surface area (Å²) in [5.41, 5.74) is 2.85. The average molecular weight is 529 g/mol. The summed E-state index contributed by atoms with van der Waals surface area (Å²) in [6, 6.07) is 18.6. The first kappa shape index (κ1) is 26.5. The number of hydrogen-bond acceptors (Lipinski definition) is 7. The lowest BCUT2D eigenvalue weighted by Crippen LogP contribution is -2.48. The Bertz CT molecular complexity index is 1370. The minimum atomic E-state index is -0.343. The Balaban J connectivity index is 1.30. The van der Waals surface area contributed by atoms with E-state index in [1.54, 1.807) is 24.5 Å². The summed E-state index contributed by atoms with van der Waals surface area (Å²) >= 11 is 0. The maximum Gasteiger partial charge on any atom is 0.259 e. The van der Waals surface area contributed by atoms with Crippen molar-refractivity contribution in [3.63, 3.8) is 0 Å². The number of amides is 1. The summed E-state index contributed by atoms with van der Waals surface area (Å²) < 4.78 is 20.8. The van der Waals surface area contributed by atoms with E-state index in [0.29, 0.717) is 49.3 Å².